The van der Waals surface area contributed by atoms with Gasteiger partial charge in [-0.2, -0.15) is 0 Å². The summed E-state index contributed by atoms with van der Waals surface area (Å²) in [4.78, 5) is 23.4. The van der Waals surface area contributed by atoms with Crippen molar-refractivity contribution in [3.63, 3.8) is 0 Å². The molecular formula is C21H27N3O2. The summed E-state index contributed by atoms with van der Waals surface area (Å²) in [5.41, 5.74) is 2.84. The molecule has 0 saturated carbocycles. The third-order valence-electron chi connectivity index (χ3n) is 4.08. The minimum Gasteiger partial charge on any atom is -0.374 e. The molecule has 0 fully saturated rings. The van der Waals surface area contributed by atoms with Crippen molar-refractivity contribution in [2.45, 2.75) is 45.7 Å². The van der Waals surface area contributed by atoms with Gasteiger partial charge in [0, 0.05) is 24.3 Å². The zero-order valence-electron chi connectivity index (χ0n) is 15.6. The van der Waals surface area contributed by atoms with Gasteiger partial charge in [0.15, 0.2) is 0 Å². The number of aryl methyl sites for hydroxylation is 1. The third kappa shape index (κ3) is 6.59. The van der Waals surface area contributed by atoms with Crippen molar-refractivity contribution in [2.24, 2.45) is 0 Å². The molecule has 0 aliphatic rings. The molecule has 0 unspecified atom stereocenters. The molecule has 5 heteroatoms. The third-order valence-corrected chi connectivity index (χ3v) is 4.08. The summed E-state index contributed by atoms with van der Waals surface area (Å²) in [7, 11) is 0. The Morgan fingerprint density at radius 1 is 0.923 bits per heavy atom. The molecule has 0 saturated heterocycles. The van der Waals surface area contributed by atoms with E-state index >= 15 is 0 Å². The van der Waals surface area contributed by atoms with E-state index in [1.807, 2.05) is 44.2 Å². The van der Waals surface area contributed by atoms with Crippen molar-refractivity contribution < 1.29 is 9.59 Å². The van der Waals surface area contributed by atoms with Crippen LogP contribution in [0.4, 0.5) is 11.4 Å². The quantitative estimate of drug-likeness (QED) is 0.679. The molecule has 0 aliphatic heterocycles. The van der Waals surface area contributed by atoms with Crippen LogP contribution in [0.25, 0.3) is 0 Å². The molecule has 0 bridgehead atoms. The SMILES string of the molecule is CC(=O)Nc1ccc(N[C@H](C)C(=O)N[C@H](C)CCc2ccccc2)cc1. The largest absolute Gasteiger partial charge is 0.374 e. The van der Waals surface area contributed by atoms with Crippen molar-refractivity contribution in [1.29, 1.82) is 0 Å². The first-order valence-electron chi connectivity index (χ1n) is 8.92. The fourth-order valence-electron chi connectivity index (χ4n) is 2.64. The van der Waals surface area contributed by atoms with Crippen LogP contribution in [-0.2, 0) is 16.0 Å². The number of carbonyl (C=O) groups excluding carboxylic acids is 2. The van der Waals surface area contributed by atoms with Crippen LogP contribution in [0.2, 0.25) is 0 Å². The van der Waals surface area contributed by atoms with Crippen molar-refractivity contribution in [3.05, 3.63) is 60.2 Å². The van der Waals surface area contributed by atoms with Gasteiger partial charge in [-0.3, -0.25) is 9.59 Å². The smallest absolute Gasteiger partial charge is 0.242 e. The molecule has 0 spiro atoms. The van der Waals surface area contributed by atoms with Gasteiger partial charge in [0.05, 0.1) is 0 Å². The van der Waals surface area contributed by atoms with Gasteiger partial charge < -0.3 is 16.0 Å². The normalized spacial score (nSPS) is 12.7. The summed E-state index contributed by atoms with van der Waals surface area (Å²) >= 11 is 0. The number of hydrogen-bond acceptors (Lipinski definition) is 3. The van der Waals surface area contributed by atoms with E-state index in [-0.39, 0.29) is 23.9 Å². The maximum Gasteiger partial charge on any atom is 0.242 e. The van der Waals surface area contributed by atoms with Crippen LogP contribution in [0.15, 0.2) is 54.6 Å². The van der Waals surface area contributed by atoms with E-state index in [1.54, 1.807) is 12.1 Å². The predicted octanol–water partition coefficient (Wildman–Crippen LogP) is 3.58. The van der Waals surface area contributed by atoms with Gasteiger partial charge in [-0.05, 0) is 56.5 Å². The highest BCUT2D eigenvalue weighted by atomic mass is 16.2. The molecular weight excluding hydrogens is 326 g/mol. The Labute approximate surface area is 155 Å². The lowest BCUT2D eigenvalue weighted by atomic mass is 10.1. The van der Waals surface area contributed by atoms with Gasteiger partial charge in [0.1, 0.15) is 6.04 Å². The molecule has 26 heavy (non-hydrogen) atoms. The van der Waals surface area contributed by atoms with Crippen LogP contribution in [0.3, 0.4) is 0 Å². The maximum atomic E-state index is 12.4. The Morgan fingerprint density at radius 3 is 2.15 bits per heavy atom. The van der Waals surface area contributed by atoms with Crippen LogP contribution < -0.4 is 16.0 Å². The predicted molar refractivity (Wildman–Crippen MR) is 106 cm³/mol. The average Bonchev–Trinajstić information content (AvgIpc) is 2.62. The molecule has 0 heterocycles. The standard InChI is InChI=1S/C21H27N3O2/c1-15(9-10-18-7-5-4-6-8-18)22-21(26)16(2)23-19-11-13-20(14-12-19)24-17(3)25/h4-8,11-16,23H,9-10H2,1-3H3,(H,22,26)(H,24,25)/t15-,16-/m1/s1. The van der Waals surface area contributed by atoms with E-state index in [2.05, 4.69) is 28.1 Å². The first kappa shape index (κ1) is 19.5. The Hall–Kier alpha value is -2.82. The first-order valence-corrected chi connectivity index (χ1v) is 8.92. The summed E-state index contributed by atoms with van der Waals surface area (Å²) in [5, 5.41) is 8.94. The molecule has 0 radical (unpaired) electrons. The highest BCUT2D eigenvalue weighted by Crippen LogP contribution is 2.14. The molecule has 138 valence electrons. The van der Waals surface area contributed by atoms with E-state index in [0.717, 1.165) is 24.2 Å². The minimum absolute atomic E-state index is 0.0310. The van der Waals surface area contributed by atoms with Gasteiger partial charge >= 0.3 is 0 Å². The molecule has 5 nitrogen and oxygen atoms in total. The molecule has 2 aromatic carbocycles. The van der Waals surface area contributed by atoms with Crippen molar-refractivity contribution >= 4 is 23.2 Å². The average molecular weight is 353 g/mol. The lowest BCUT2D eigenvalue weighted by molar-refractivity contribution is -0.122. The highest BCUT2D eigenvalue weighted by molar-refractivity contribution is 5.89. The van der Waals surface area contributed by atoms with Crippen molar-refractivity contribution in [2.75, 3.05) is 10.6 Å². The fourth-order valence-corrected chi connectivity index (χ4v) is 2.64. The molecule has 3 N–H and O–H groups in total. The molecule has 0 aliphatic carbocycles. The van der Waals surface area contributed by atoms with E-state index in [0.29, 0.717) is 0 Å². The summed E-state index contributed by atoms with van der Waals surface area (Å²) in [6, 6.07) is 17.3. The lowest BCUT2D eigenvalue weighted by Crippen LogP contribution is -2.42. The number of benzene rings is 2. The Bertz CT molecular complexity index is 714. The zero-order chi connectivity index (χ0) is 18.9. The molecule has 2 amide bonds. The van der Waals surface area contributed by atoms with E-state index < -0.39 is 0 Å². The monoisotopic (exact) mass is 353 g/mol. The van der Waals surface area contributed by atoms with Crippen molar-refractivity contribution in [1.82, 2.24) is 5.32 Å². The fraction of sp³-hybridized carbons (Fsp3) is 0.333. The number of hydrogen-bond donors (Lipinski definition) is 3. The molecule has 0 aromatic heterocycles. The number of rotatable bonds is 8. The number of anilines is 2. The molecule has 2 atom stereocenters. The van der Waals surface area contributed by atoms with E-state index in [9.17, 15) is 9.59 Å². The van der Waals surface area contributed by atoms with Gasteiger partial charge in [-0.15, -0.1) is 0 Å². The molecule has 2 aromatic rings. The highest BCUT2D eigenvalue weighted by Gasteiger charge is 2.15. The van der Waals surface area contributed by atoms with E-state index in [4.69, 9.17) is 0 Å². The van der Waals surface area contributed by atoms with Gasteiger partial charge in [-0.1, -0.05) is 30.3 Å². The Balaban J connectivity index is 1.78. The zero-order valence-corrected chi connectivity index (χ0v) is 15.6. The summed E-state index contributed by atoms with van der Waals surface area (Å²) < 4.78 is 0. The minimum atomic E-state index is -0.346. The Kier molecular flexibility index (Phi) is 7.21. The van der Waals surface area contributed by atoms with Crippen LogP contribution in [0.1, 0.15) is 32.8 Å². The van der Waals surface area contributed by atoms with Gasteiger partial charge in [0.2, 0.25) is 11.8 Å². The summed E-state index contributed by atoms with van der Waals surface area (Å²) in [6.45, 7) is 5.33. The van der Waals surface area contributed by atoms with Gasteiger partial charge in [-0.25, -0.2) is 0 Å². The first-order chi connectivity index (χ1) is 12.4. The van der Waals surface area contributed by atoms with Crippen LogP contribution >= 0.6 is 0 Å². The number of carbonyl (C=O) groups is 2. The summed E-state index contributed by atoms with van der Waals surface area (Å²) in [6.07, 6.45) is 1.84. The Morgan fingerprint density at radius 2 is 1.54 bits per heavy atom. The van der Waals surface area contributed by atoms with Crippen molar-refractivity contribution in [3.8, 4) is 0 Å². The molecule has 2 rings (SSSR count). The van der Waals surface area contributed by atoms with E-state index in [1.165, 1.54) is 12.5 Å². The second-order valence-corrected chi connectivity index (χ2v) is 6.56. The van der Waals surface area contributed by atoms with Crippen LogP contribution in [-0.4, -0.2) is 23.9 Å². The van der Waals surface area contributed by atoms with Gasteiger partial charge in [0.25, 0.3) is 0 Å². The topological polar surface area (TPSA) is 70.2 Å². The second-order valence-electron chi connectivity index (χ2n) is 6.56. The maximum absolute atomic E-state index is 12.4. The lowest BCUT2D eigenvalue weighted by Gasteiger charge is -2.19. The van der Waals surface area contributed by atoms with Crippen LogP contribution in [0.5, 0.6) is 0 Å². The number of nitrogens with one attached hydrogen (secondary N) is 3. The van der Waals surface area contributed by atoms with Crippen LogP contribution in [0, 0.1) is 0 Å². The second kappa shape index (κ2) is 9.61. The summed E-state index contributed by atoms with van der Waals surface area (Å²) in [5.74, 6) is -0.139. The number of amides is 2.